The molecule has 1 aromatic rings. The third kappa shape index (κ3) is 2.13. The molecule has 3 heteroatoms. The molecule has 0 radical (unpaired) electrons. The Morgan fingerprint density at radius 1 is 0.933 bits per heavy atom. The van der Waals surface area contributed by atoms with E-state index in [4.69, 9.17) is 15.8 Å². The van der Waals surface area contributed by atoms with Crippen molar-refractivity contribution in [2.45, 2.75) is 18.3 Å². The van der Waals surface area contributed by atoms with Gasteiger partial charge in [0.05, 0.1) is 31.0 Å². The molecule has 0 saturated carbocycles. The van der Waals surface area contributed by atoms with Gasteiger partial charge in [-0.15, -0.1) is 0 Å². The molecule has 0 aliphatic rings. The molecule has 1 aromatic carbocycles. The van der Waals surface area contributed by atoms with Gasteiger partial charge in [0.15, 0.2) is 0 Å². The minimum atomic E-state index is -0.981. The van der Waals surface area contributed by atoms with Crippen molar-refractivity contribution >= 4 is 0 Å². The zero-order valence-electron chi connectivity index (χ0n) is 8.14. The highest BCUT2D eigenvalue weighted by molar-refractivity contribution is 5.35. The lowest BCUT2D eigenvalue weighted by Gasteiger charge is -2.20. The molecule has 15 heavy (non-hydrogen) atoms. The minimum absolute atomic E-state index is 0.0427. The second kappa shape index (κ2) is 4.80. The average Bonchev–Trinajstić information content (AvgIpc) is 2.30. The Balaban J connectivity index is 3.19. The zero-order valence-corrected chi connectivity index (χ0v) is 8.14. The Morgan fingerprint density at radius 2 is 1.47 bits per heavy atom. The van der Waals surface area contributed by atoms with Crippen LogP contribution in [0.5, 0.6) is 0 Å². The van der Waals surface area contributed by atoms with Crippen LogP contribution in [0.15, 0.2) is 30.3 Å². The number of hydrogen-bond acceptors (Lipinski definition) is 3. The molecule has 0 amide bonds. The van der Waals surface area contributed by atoms with E-state index in [-0.39, 0.29) is 12.8 Å². The molecule has 0 spiro atoms. The van der Waals surface area contributed by atoms with Crippen LogP contribution in [0.25, 0.3) is 0 Å². The predicted molar refractivity (Wildman–Crippen MR) is 54.2 cm³/mol. The lowest BCUT2D eigenvalue weighted by atomic mass is 9.77. The summed E-state index contributed by atoms with van der Waals surface area (Å²) in [7, 11) is 0. The summed E-state index contributed by atoms with van der Waals surface area (Å²) in [4.78, 5) is 0. The van der Waals surface area contributed by atoms with E-state index < -0.39 is 5.41 Å². The van der Waals surface area contributed by atoms with E-state index in [9.17, 15) is 0 Å². The predicted octanol–water partition coefficient (Wildman–Crippen LogP) is 2.28. The fourth-order valence-corrected chi connectivity index (χ4v) is 1.44. The number of rotatable bonds is 3. The Morgan fingerprint density at radius 3 is 1.87 bits per heavy atom. The van der Waals surface area contributed by atoms with E-state index in [1.54, 1.807) is 24.3 Å². The summed E-state index contributed by atoms with van der Waals surface area (Å²) in [5, 5.41) is 26.6. The lowest BCUT2D eigenvalue weighted by Crippen LogP contribution is -2.22. The fourth-order valence-electron chi connectivity index (χ4n) is 1.44. The third-order valence-electron chi connectivity index (χ3n) is 2.30. The molecule has 0 heterocycles. The topological polar surface area (TPSA) is 71.4 Å². The van der Waals surface area contributed by atoms with Crippen molar-refractivity contribution in [3.05, 3.63) is 35.9 Å². The van der Waals surface area contributed by atoms with Gasteiger partial charge in [0, 0.05) is 0 Å². The first-order valence-corrected chi connectivity index (χ1v) is 4.50. The second-order valence-electron chi connectivity index (χ2n) is 3.23. The molecular weight excluding hydrogens is 186 g/mol. The summed E-state index contributed by atoms with van der Waals surface area (Å²) >= 11 is 0. The lowest BCUT2D eigenvalue weighted by molar-refractivity contribution is 0.577. The van der Waals surface area contributed by atoms with E-state index in [1.807, 2.05) is 18.2 Å². The van der Waals surface area contributed by atoms with Crippen LogP contribution < -0.4 is 0 Å². The molecule has 0 fully saturated rings. The third-order valence-corrected chi connectivity index (χ3v) is 2.30. The van der Waals surface area contributed by atoms with Gasteiger partial charge >= 0.3 is 0 Å². The molecular formula is C12H9N3. The van der Waals surface area contributed by atoms with E-state index in [0.29, 0.717) is 0 Å². The highest BCUT2D eigenvalue weighted by Crippen LogP contribution is 2.30. The van der Waals surface area contributed by atoms with Crippen molar-refractivity contribution in [2.24, 2.45) is 0 Å². The Bertz CT molecular complexity index is 426. The molecule has 0 aromatic heterocycles. The highest BCUT2D eigenvalue weighted by atomic mass is 14.4. The van der Waals surface area contributed by atoms with Crippen molar-refractivity contribution in [2.75, 3.05) is 0 Å². The summed E-state index contributed by atoms with van der Waals surface area (Å²) in [6.07, 6.45) is 0.0855. The quantitative estimate of drug-likeness (QED) is 0.742. The summed E-state index contributed by atoms with van der Waals surface area (Å²) < 4.78 is 0. The first-order chi connectivity index (χ1) is 7.29. The first kappa shape index (κ1) is 10.8. The normalized spacial score (nSPS) is 9.67. The molecule has 0 bridgehead atoms. The second-order valence-corrected chi connectivity index (χ2v) is 3.23. The molecule has 72 valence electrons. The first-order valence-electron chi connectivity index (χ1n) is 4.50. The summed E-state index contributed by atoms with van der Waals surface area (Å²) in [6, 6.07) is 15.0. The van der Waals surface area contributed by atoms with Gasteiger partial charge in [-0.1, -0.05) is 30.3 Å². The molecule has 0 aliphatic heterocycles. The van der Waals surface area contributed by atoms with Crippen molar-refractivity contribution in [1.82, 2.24) is 0 Å². The van der Waals surface area contributed by atoms with Crippen LogP contribution in [0.4, 0.5) is 0 Å². The van der Waals surface area contributed by atoms with Crippen molar-refractivity contribution in [3.63, 3.8) is 0 Å². The van der Waals surface area contributed by atoms with Crippen LogP contribution in [0, 0.1) is 34.0 Å². The van der Waals surface area contributed by atoms with Crippen LogP contribution in [0.1, 0.15) is 18.4 Å². The smallest absolute Gasteiger partial charge is 0.108 e. The van der Waals surface area contributed by atoms with Gasteiger partial charge in [-0.25, -0.2) is 0 Å². The van der Waals surface area contributed by atoms with Crippen LogP contribution in [0.2, 0.25) is 0 Å². The molecule has 1 rings (SSSR count). The van der Waals surface area contributed by atoms with Gasteiger partial charge in [0.25, 0.3) is 0 Å². The Hall–Kier alpha value is -2.31. The molecule has 0 unspecified atom stereocenters. The summed E-state index contributed by atoms with van der Waals surface area (Å²) in [6.45, 7) is 0. The SMILES string of the molecule is N#CCC(C#N)(CC#N)c1ccccc1. The number of benzene rings is 1. The highest BCUT2D eigenvalue weighted by Gasteiger charge is 2.31. The fraction of sp³-hybridized carbons (Fsp3) is 0.250. The van der Waals surface area contributed by atoms with E-state index >= 15 is 0 Å². The molecule has 0 saturated heterocycles. The van der Waals surface area contributed by atoms with Crippen LogP contribution in [-0.4, -0.2) is 0 Å². The van der Waals surface area contributed by atoms with Gasteiger partial charge in [0.2, 0.25) is 0 Å². The van der Waals surface area contributed by atoms with Gasteiger partial charge in [-0.3, -0.25) is 0 Å². The molecule has 3 nitrogen and oxygen atoms in total. The molecule has 0 aliphatic carbocycles. The number of nitrogens with zero attached hydrogens (tertiary/aromatic N) is 3. The summed E-state index contributed by atoms with van der Waals surface area (Å²) in [5.74, 6) is 0. The van der Waals surface area contributed by atoms with E-state index in [1.165, 1.54) is 0 Å². The maximum absolute atomic E-state index is 9.14. The van der Waals surface area contributed by atoms with Crippen LogP contribution in [0.3, 0.4) is 0 Å². The monoisotopic (exact) mass is 195 g/mol. The summed E-state index contributed by atoms with van der Waals surface area (Å²) in [5.41, 5.74) is -0.249. The standard InChI is InChI=1S/C12H9N3/c13-8-6-12(10-15,7-9-14)11-4-2-1-3-5-11/h1-5H,6-7H2. The average molecular weight is 195 g/mol. The van der Waals surface area contributed by atoms with Gasteiger partial charge in [-0.2, -0.15) is 15.8 Å². The zero-order chi connectivity index (χ0) is 11.1. The van der Waals surface area contributed by atoms with E-state index in [2.05, 4.69) is 6.07 Å². The molecule has 0 atom stereocenters. The van der Waals surface area contributed by atoms with Crippen LogP contribution >= 0.6 is 0 Å². The van der Waals surface area contributed by atoms with Crippen LogP contribution in [-0.2, 0) is 5.41 Å². The van der Waals surface area contributed by atoms with Gasteiger partial charge in [-0.05, 0) is 5.56 Å². The number of nitriles is 3. The maximum Gasteiger partial charge on any atom is 0.108 e. The van der Waals surface area contributed by atoms with Gasteiger partial charge < -0.3 is 0 Å². The minimum Gasteiger partial charge on any atom is -0.198 e. The Labute approximate surface area is 88.8 Å². The largest absolute Gasteiger partial charge is 0.198 e. The Kier molecular flexibility index (Phi) is 3.44. The number of hydrogen-bond donors (Lipinski definition) is 0. The van der Waals surface area contributed by atoms with Gasteiger partial charge in [0.1, 0.15) is 5.41 Å². The van der Waals surface area contributed by atoms with Crippen molar-refractivity contribution in [3.8, 4) is 18.2 Å². The van der Waals surface area contributed by atoms with E-state index in [0.717, 1.165) is 5.56 Å². The molecule has 0 N–H and O–H groups in total. The maximum atomic E-state index is 9.14. The van der Waals surface area contributed by atoms with Crippen molar-refractivity contribution < 1.29 is 0 Å². The van der Waals surface area contributed by atoms with Crippen molar-refractivity contribution in [1.29, 1.82) is 15.8 Å².